The lowest BCUT2D eigenvalue weighted by molar-refractivity contribution is -0.119. The number of nitrogens with one attached hydrogen (secondary N) is 1. The minimum absolute atomic E-state index is 0.0166. The molecular weight excluding hydrogens is 449 g/mol. The molecule has 1 atom stereocenters. The number of carbonyl (C=O) groups is 1. The van der Waals surface area contributed by atoms with Crippen LogP contribution in [-0.2, 0) is 24.8 Å². The maximum atomic E-state index is 15.2. The van der Waals surface area contributed by atoms with Gasteiger partial charge in [-0.3, -0.25) is 14.5 Å². The van der Waals surface area contributed by atoms with Crippen LogP contribution in [0.5, 0.6) is 5.75 Å². The van der Waals surface area contributed by atoms with Crippen LogP contribution in [0.4, 0.5) is 10.1 Å². The zero-order valence-corrected chi connectivity index (χ0v) is 19.8. The fourth-order valence-electron chi connectivity index (χ4n) is 4.28. The third-order valence-corrected chi connectivity index (χ3v) is 6.15. The van der Waals surface area contributed by atoms with Gasteiger partial charge in [-0.15, -0.1) is 0 Å². The van der Waals surface area contributed by atoms with Crippen LogP contribution in [0.2, 0.25) is 0 Å². The topological polar surface area (TPSA) is 99.2 Å². The van der Waals surface area contributed by atoms with Crippen molar-refractivity contribution in [1.29, 1.82) is 0 Å². The maximum Gasteiger partial charge on any atom is 0.220 e. The number of methoxy groups -OCH3 is 1. The van der Waals surface area contributed by atoms with Crippen molar-refractivity contribution in [3.8, 4) is 17.0 Å². The lowest BCUT2D eigenvalue weighted by Crippen LogP contribution is -2.34. The van der Waals surface area contributed by atoms with Gasteiger partial charge in [0.05, 0.1) is 25.2 Å². The fourth-order valence-corrected chi connectivity index (χ4v) is 4.28. The molecular formula is C25H26FN7O2. The monoisotopic (exact) mass is 475 g/mol. The summed E-state index contributed by atoms with van der Waals surface area (Å²) in [4.78, 5) is 26.0. The first-order valence-corrected chi connectivity index (χ1v) is 11.5. The van der Waals surface area contributed by atoms with Crippen molar-refractivity contribution >= 4 is 22.8 Å². The smallest absolute Gasteiger partial charge is 0.220 e. The number of amides is 1. The number of hydrogen-bond acceptors (Lipinski definition) is 6. The van der Waals surface area contributed by atoms with Crippen molar-refractivity contribution < 1.29 is 13.9 Å². The molecule has 4 aromatic rings. The molecule has 1 fully saturated rings. The van der Waals surface area contributed by atoms with Gasteiger partial charge >= 0.3 is 0 Å². The van der Waals surface area contributed by atoms with Gasteiger partial charge in [-0.05, 0) is 36.6 Å². The molecule has 1 aliphatic rings. The quantitative estimate of drug-likeness (QED) is 0.462. The predicted molar refractivity (Wildman–Crippen MR) is 128 cm³/mol. The highest BCUT2D eigenvalue weighted by Gasteiger charge is 2.22. The molecule has 5 rings (SSSR count). The Labute approximate surface area is 201 Å². The summed E-state index contributed by atoms with van der Waals surface area (Å²) < 4.78 is 24.2. The Kier molecular flexibility index (Phi) is 6.02. The number of pyridine rings is 1. The SMILES string of the molecule is CCc1cc(OC)cc(N=c2ccc3ncc(-c4cnn(C)c4)nc3n2CC2CCC(=O)N2)c1F. The van der Waals surface area contributed by atoms with E-state index < -0.39 is 0 Å². The lowest BCUT2D eigenvalue weighted by Gasteiger charge is -2.16. The Bertz CT molecular complexity index is 1490. The van der Waals surface area contributed by atoms with E-state index in [1.165, 1.54) is 0 Å². The van der Waals surface area contributed by atoms with Crippen molar-refractivity contribution in [1.82, 2.24) is 29.6 Å². The average Bonchev–Trinajstić information content (AvgIpc) is 3.49. The number of halogens is 1. The molecule has 1 amide bonds. The fraction of sp³-hybridized carbons (Fsp3) is 0.320. The summed E-state index contributed by atoms with van der Waals surface area (Å²) in [5.74, 6) is 0.170. The van der Waals surface area contributed by atoms with E-state index in [0.29, 0.717) is 59.5 Å². The number of fused-ring (bicyclic) bond motifs is 1. The van der Waals surface area contributed by atoms with Crippen LogP contribution in [0, 0.1) is 5.82 Å². The molecule has 35 heavy (non-hydrogen) atoms. The summed E-state index contributed by atoms with van der Waals surface area (Å²) in [6.07, 6.45) is 6.97. The Morgan fingerprint density at radius 2 is 2.14 bits per heavy atom. The van der Waals surface area contributed by atoms with Crippen molar-refractivity contribution in [2.45, 2.75) is 38.8 Å². The molecule has 1 aromatic carbocycles. The van der Waals surface area contributed by atoms with Gasteiger partial charge in [0, 0.05) is 43.9 Å². The molecule has 1 N–H and O–H groups in total. The van der Waals surface area contributed by atoms with Crippen LogP contribution < -0.4 is 15.5 Å². The van der Waals surface area contributed by atoms with Gasteiger partial charge in [0.2, 0.25) is 5.91 Å². The molecule has 0 aliphatic carbocycles. The minimum atomic E-state index is -0.385. The Hall–Kier alpha value is -4.08. The average molecular weight is 476 g/mol. The summed E-state index contributed by atoms with van der Waals surface area (Å²) in [6.45, 7) is 2.31. The van der Waals surface area contributed by atoms with E-state index >= 15 is 4.39 Å². The molecule has 1 unspecified atom stereocenters. The van der Waals surface area contributed by atoms with Crippen LogP contribution in [0.1, 0.15) is 25.3 Å². The summed E-state index contributed by atoms with van der Waals surface area (Å²) in [5, 5.41) is 7.22. The number of hydrogen-bond donors (Lipinski definition) is 1. The first kappa shape index (κ1) is 22.7. The van der Waals surface area contributed by atoms with Crippen LogP contribution >= 0.6 is 0 Å². The van der Waals surface area contributed by atoms with E-state index in [4.69, 9.17) is 9.72 Å². The second kappa shape index (κ2) is 9.28. The molecule has 180 valence electrons. The maximum absolute atomic E-state index is 15.2. The van der Waals surface area contributed by atoms with Gasteiger partial charge in [-0.2, -0.15) is 5.10 Å². The third-order valence-electron chi connectivity index (χ3n) is 6.15. The summed E-state index contributed by atoms with van der Waals surface area (Å²) in [6, 6.07) is 6.79. The number of aromatic nitrogens is 5. The molecule has 3 aromatic heterocycles. The van der Waals surface area contributed by atoms with Gasteiger partial charge in [0.1, 0.15) is 22.4 Å². The van der Waals surface area contributed by atoms with Crippen LogP contribution in [-0.4, -0.2) is 43.4 Å². The second-order valence-corrected chi connectivity index (χ2v) is 8.56. The van der Waals surface area contributed by atoms with Crippen LogP contribution in [0.15, 0.2) is 47.8 Å². The molecule has 1 aliphatic heterocycles. The number of carbonyl (C=O) groups excluding carboxylic acids is 1. The molecule has 9 nitrogen and oxygen atoms in total. The van der Waals surface area contributed by atoms with E-state index in [2.05, 4.69) is 20.4 Å². The van der Waals surface area contributed by atoms with Crippen molar-refractivity contribution in [3.63, 3.8) is 0 Å². The lowest BCUT2D eigenvalue weighted by atomic mass is 10.1. The van der Waals surface area contributed by atoms with Crippen LogP contribution in [0.25, 0.3) is 22.4 Å². The number of aryl methyl sites for hydroxylation is 2. The number of rotatable bonds is 6. The largest absolute Gasteiger partial charge is 0.497 e. The van der Waals surface area contributed by atoms with Gasteiger partial charge in [-0.25, -0.2) is 14.4 Å². The standard InChI is InChI=1S/C25H26FN7O2/c1-4-15-9-18(35-3)10-20(24(15)26)30-22-7-6-19-25(33(22)14-17-5-8-23(34)29-17)31-21(12-27-19)16-11-28-32(2)13-16/h6-7,9-13,17H,4-5,8,14H2,1-3H3,(H,29,34). The molecule has 1 saturated heterocycles. The number of ether oxygens (including phenoxy) is 1. The van der Waals surface area contributed by atoms with E-state index in [9.17, 15) is 4.79 Å². The second-order valence-electron chi connectivity index (χ2n) is 8.56. The summed E-state index contributed by atoms with van der Waals surface area (Å²) >= 11 is 0. The molecule has 0 bridgehead atoms. The Morgan fingerprint density at radius 1 is 1.29 bits per heavy atom. The van der Waals surface area contributed by atoms with Crippen molar-refractivity contribution in [2.75, 3.05) is 7.11 Å². The van der Waals surface area contributed by atoms with E-state index in [-0.39, 0.29) is 23.5 Å². The first-order chi connectivity index (χ1) is 16.9. The molecule has 4 heterocycles. The van der Waals surface area contributed by atoms with Gasteiger partial charge < -0.3 is 14.6 Å². The highest BCUT2D eigenvalue weighted by Crippen LogP contribution is 2.28. The zero-order valence-electron chi connectivity index (χ0n) is 19.8. The third kappa shape index (κ3) is 4.51. The zero-order chi connectivity index (χ0) is 24.5. The molecule has 0 radical (unpaired) electrons. The predicted octanol–water partition coefficient (Wildman–Crippen LogP) is 3.05. The Balaban J connectivity index is 1.72. The molecule has 0 saturated carbocycles. The number of benzene rings is 1. The summed E-state index contributed by atoms with van der Waals surface area (Å²) in [5.41, 5.74) is 3.96. The first-order valence-electron chi connectivity index (χ1n) is 11.5. The molecule has 0 spiro atoms. The van der Waals surface area contributed by atoms with E-state index in [1.807, 2.05) is 30.8 Å². The van der Waals surface area contributed by atoms with Gasteiger partial charge in [0.25, 0.3) is 0 Å². The summed E-state index contributed by atoms with van der Waals surface area (Å²) in [7, 11) is 3.39. The molecule has 10 heteroatoms. The van der Waals surface area contributed by atoms with E-state index in [1.54, 1.807) is 42.4 Å². The van der Waals surface area contributed by atoms with Crippen molar-refractivity contribution in [3.05, 3.63) is 59.7 Å². The number of nitrogens with zero attached hydrogens (tertiary/aromatic N) is 6. The van der Waals surface area contributed by atoms with Gasteiger partial charge in [0.15, 0.2) is 11.5 Å². The normalized spacial score (nSPS) is 16.2. The van der Waals surface area contributed by atoms with Gasteiger partial charge in [-0.1, -0.05) is 6.92 Å². The highest BCUT2D eigenvalue weighted by atomic mass is 19.1. The highest BCUT2D eigenvalue weighted by molar-refractivity contribution is 5.78. The van der Waals surface area contributed by atoms with Crippen molar-refractivity contribution in [2.24, 2.45) is 12.0 Å². The van der Waals surface area contributed by atoms with E-state index in [0.717, 1.165) is 5.56 Å². The minimum Gasteiger partial charge on any atom is -0.497 e. The Morgan fingerprint density at radius 3 is 2.83 bits per heavy atom. The van der Waals surface area contributed by atoms with Crippen LogP contribution in [0.3, 0.4) is 0 Å².